The van der Waals surface area contributed by atoms with Gasteiger partial charge >= 0.3 is 0 Å². The third-order valence-corrected chi connectivity index (χ3v) is 4.17. The van der Waals surface area contributed by atoms with Gasteiger partial charge in [-0.25, -0.2) is 4.98 Å². The minimum atomic E-state index is -0.301. The van der Waals surface area contributed by atoms with Gasteiger partial charge in [0, 0.05) is 13.1 Å². The number of nitrogens with zero attached hydrogens (tertiary/aromatic N) is 3. The Morgan fingerprint density at radius 1 is 1.38 bits per heavy atom. The van der Waals surface area contributed by atoms with Gasteiger partial charge in [-0.3, -0.25) is 4.79 Å². The van der Waals surface area contributed by atoms with Gasteiger partial charge in [-0.1, -0.05) is 12.1 Å². The number of rotatable bonds is 5. The van der Waals surface area contributed by atoms with Crippen molar-refractivity contribution < 1.29 is 4.79 Å². The van der Waals surface area contributed by atoms with Crippen molar-refractivity contribution in [2.45, 2.75) is 39.6 Å². The fourth-order valence-electron chi connectivity index (χ4n) is 2.74. The SMILES string of the molecule is CCN(CC)C(=O)C(C)n1c(CCl)nc2c(C)cccc21. The van der Waals surface area contributed by atoms with E-state index in [4.69, 9.17) is 11.6 Å². The summed E-state index contributed by atoms with van der Waals surface area (Å²) in [4.78, 5) is 19.1. The molecule has 0 aliphatic carbocycles. The maximum Gasteiger partial charge on any atom is 0.245 e. The highest BCUT2D eigenvalue weighted by molar-refractivity contribution is 6.17. The van der Waals surface area contributed by atoms with Gasteiger partial charge in [0.05, 0.1) is 16.9 Å². The number of alkyl halides is 1. The molecule has 0 saturated carbocycles. The zero-order valence-corrected chi connectivity index (χ0v) is 13.8. The highest BCUT2D eigenvalue weighted by atomic mass is 35.5. The molecule has 0 bridgehead atoms. The minimum Gasteiger partial charge on any atom is -0.341 e. The zero-order valence-electron chi connectivity index (χ0n) is 13.1. The van der Waals surface area contributed by atoms with Crippen LogP contribution in [0.2, 0.25) is 0 Å². The van der Waals surface area contributed by atoms with Crippen molar-refractivity contribution in [3.05, 3.63) is 29.6 Å². The van der Waals surface area contributed by atoms with E-state index in [2.05, 4.69) is 4.98 Å². The molecule has 0 saturated heterocycles. The molecule has 5 heteroatoms. The summed E-state index contributed by atoms with van der Waals surface area (Å²) in [6.07, 6.45) is 0. The Hall–Kier alpha value is -1.55. The predicted molar refractivity (Wildman–Crippen MR) is 86.7 cm³/mol. The summed E-state index contributed by atoms with van der Waals surface area (Å²) >= 11 is 6.04. The van der Waals surface area contributed by atoms with Crippen LogP contribution in [-0.4, -0.2) is 33.4 Å². The number of fused-ring (bicyclic) bond motifs is 1. The number of imidazole rings is 1. The van der Waals surface area contributed by atoms with E-state index in [0.29, 0.717) is 19.0 Å². The van der Waals surface area contributed by atoms with Crippen LogP contribution in [0.5, 0.6) is 0 Å². The summed E-state index contributed by atoms with van der Waals surface area (Å²) in [5.41, 5.74) is 2.99. The van der Waals surface area contributed by atoms with Crippen LogP contribution in [0, 0.1) is 6.92 Å². The first kappa shape index (κ1) is 15.8. The van der Waals surface area contributed by atoms with Crippen LogP contribution < -0.4 is 0 Å². The van der Waals surface area contributed by atoms with E-state index < -0.39 is 0 Å². The van der Waals surface area contributed by atoms with Gasteiger partial charge in [0.25, 0.3) is 0 Å². The Labute approximate surface area is 130 Å². The van der Waals surface area contributed by atoms with Gasteiger partial charge in [-0.2, -0.15) is 0 Å². The van der Waals surface area contributed by atoms with E-state index in [1.54, 1.807) is 0 Å². The normalized spacial score (nSPS) is 12.6. The van der Waals surface area contributed by atoms with E-state index in [1.807, 2.05) is 55.4 Å². The average Bonchev–Trinajstić information content (AvgIpc) is 2.87. The predicted octanol–water partition coefficient (Wildman–Crippen LogP) is 3.51. The molecule has 1 amide bonds. The summed E-state index contributed by atoms with van der Waals surface area (Å²) in [7, 11) is 0. The molecule has 1 atom stereocenters. The molecular weight excluding hydrogens is 286 g/mol. The number of aromatic nitrogens is 2. The Kier molecular flexibility index (Phi) is 4.88. The van der Waals surface area contributed by atoms with Gasteiger partial charge in [0.15, 0.2) is 0 Å². The number of carbonyl (C=O) groups is 1. The number of hydrogen-bond donors (Lipinski definition) is 0. The summed E-state index contributed by atoms with van der Waals surface area (Å²) in [5.74, 6) is 1.14. The molecule has 0 fully saturated rings. The van der Waals surface area contributed by atoms with Crippen LogP contribution in [0.25, 0.3) is 11.0 Å². The van der Waals surface area contributed by atoms with Gasteiger partial charge in [-0.05, 0) is 39.3 Å². The Bertz CT molecular complexity index is 646. The molecule has 2 rings (SSSR count). The van der Waals surface area contributed by atoms with E-state index in [1.165, 1.54) is 0 Å². The Morgan fingerprint density at radius 3 is 2.62 bits per heavy atom. The third kappa shape index (κ3) is 2.77. The van der Waals surface area contributed by atoms with Crippen molar-refractivity contribution in [3.63, 3.8) is 0 Å². The monoisotopic (exact) mass is 307 g/mol. The van der Waals surface area contributed by atoms with Crippen molar-refractivity contribution in [2.24, 2.45) is 0 Å². The number of carbonyl (C=O) groups excluding carboxylic acids is 1. The van der Waals surface area contributed by atoms with Crippen molar-refractivity contribution in [2.75, 3.05) is 13.1 Å². The lowest BCUT2D eigenvalue weighted by molar-refractivity contribution is -0.133. The van der Waals surface area contributed by atoms with Crippen molar-refractivity contribution in [1.29, 1.82) is 0 Å². The second-order valence-corrected chi connectivity index (χ2v) is 5.43. The van der Waals surface area contributed by atoms with Gasteiger partial charge in [0.1, 0.15) is 11.9 Å². The molecule has 4 nitrogen and oxygen atoms in total. The number of likely N-dealkylation sites (N-methyl/N-ethyl adjacent to an activating group) is 1. The Balaban J connectivity index is 2.54. The van der Waals surface area contributed by atoms with E-state index >= 15 is 0 Å². The Morgan fingerprint density at radius 2 is 2.05 bits per heavy atom. The molecule has 1 unspecified atom stereocenters. The molecule has 0 spiro atoms. The molecule has 2 aromatic rings. The summed E-state index contributed by atoms with van der Waals surface area (Å²) in [6.45, 7) is 9.34. The number of halogens is 1. The van der Waals surface area contributed by atoms with Crippen LogP contribution in [0.3, 0.4) is 0 Å². The first-order valence-electron chi connectivity index (χ1n) is 7.36. The van der Waals surface area contributed by atoms with Crippen LogP contribution in [0.1, 0.15) is 38.2 Å². The summed E-state index contributed by atoms with van der Waals surface area (Å²) in [6, 6.07) is 5.71. The largest absolute Gasteiger partial charge is 0.341 e. The van der Waals surface area contributed by atoms with Crippen LogP contribution in [0.15, 0.2) is 18.2 Å². The average molecular weight is 308 g/mol. The molecule has 21 heavy (non-hydrogen) atoms. The lowest BCUT2D eigenvalue weighted by atomic mass is 10.2. The van der Waals surface area contributed by atoms with Crippen molar-refractivity contribution in [1.82, 2.24) is 14.5 Å². The van der Waals surface area contributed by atoms with Gasteiger partial charge < -0.3 is 9.47 Å². The molecule has 0 aliphatic rings. The first-order chi connectivity index (χ1) is 10.0. The first-order valence-corrected chi connectivity index (χ1v) is 7.89. The molecule has 1 aromatic heterocycles. The second kappa shape index (κ2) is 6.48. The zero-order chi connectivity index (χ0) is 15.6. The number of hydrogen-bond acceptors (Lipinski definition) is 2. The van der Waals surface area contributed by atoms with E-state index in [9.17, 15) is 4.79 Å². The van der Waals surface area contributed by atoms with Crippen molar-refractivity contribution >= 4 is 28.5 Å². The molecule has 1 heterocycles. The molecule has 114 valence electrons. The minimum absolute atomic E-state index is 0.104. The lowest BCUT2D eigenvalue weighted by Gasteiger charge is -2.25. The fraction of sp³-hybridized carbons (Fsp3) is 0.500. The van der Waals surface area contributed by atoms with Gasteiger partial charge in [0.2, 0.25) is 5.91 Å². The molecule has 0 aliphatic heterocycles. The van der Waals surface area contributed by atoms with Crippen molar-refractivity contribution in [3.8, 4) is 0 Å². The highest BCUT2D eigenvalue weighted by Crippen LogP contribution is 2.25. The van der Waals surface area contributed by atoms with E-state index in [0.717, 1.165) is 22.4 Å². The van der Waals surface area contributed by atoms with Crippen LogP contribution in [-0.2, 0) is 10.7 Å². The number of aryl methyl sites for hydroxylation is 1. The maximum absolute atomic E-state index is 12.6. The smallest absolute Gasteiger partial charge is 0.245 e. The summed E-state index contributed by atoms with van der Waals surface area (Å²) < 4.78 is 1.97. The standard InChI is InChI=1S/C16H22ClN3O/c1-5-19(6-2)16(21)12(4)20-13-9-7-8-11(3)15(13)18-14(20)10-17/h7-9,12H,5-6,10H2,1-4H3. The second-order valence-electron chi connectivity index (χ2n) is 5.16. The number of benzene rings is 1. The van der Waals surface area contributed by atoms with Crippen LogP contribution in [0.4, 0.5) is 0 Å². The molecule has 1 aromatic carbocycles. The maximum atomic E-state index is 12.6. The summed E-state index contributed by atoms with van der Waals surface area (Å²) in [5, 5.41) is 0. The lowest BCUT2D eigenvalue weighted by Crippen LogP contribution is -2.36. The van der Waals surface area contributed by atoms with Gasteiger partial charge in [-0.15, -0.1) is 11.6 Å². The quantitative estimate of drug-likeness (QED) is 0.793. The number of para-hydroxylation sites is 1. The number of amides is 1. The molecule has 0 N–H and O–H groups in total. The topological polar surface area (TPSA) is 38.1 Å². The van der Waals surface area contributed by atoms with Crippen LogP contribution >= 0.6 is 11.6 Å². The molecule has 0 radical (unpaired) electrons. The fourth-order valence-corrected chi connectivity index (χ4v) is 2.93. The third-order valence-electron chi connectivity index (χ3n) is 3.93. The molecular formula is C16H22ClN3O. The van der Waals surface area contributed by atoms with E-state index in [-0.39, 0.29) is 11.9 Å². The highest BCUT2D eigenvalue weighted by Gasteiger charge is 2.24.